The SMILES string of the molecule is CC(C)C(=O)C(C)C(=O)c1ccc(F)cn1. The Balaban J connectivity index is 2.86. The third kappa shape index (κ3) is 2.72. The van der Waals surface area contributed by atoms with Crippen LogP contribution in [0.2, 0.25) is 0 Å². The smallest absolute Gasteiger partial charge is 0.191 e. The second-order valence-corrected chi connectivity index (χ2v) is 4.00. The maximum atomic E-state index is 12.6. The fourth-order valence-electron chi connectivity index (χ4n) is 1.37. The van der Waals surface area contributed by atoms with Crippen molar-refractivity contribution in [3.63, 3.8) is 0 Å². The molecule has 1 heterocycles. The zero-order chi connectivity index (χ0) is 12.3. The van der Waals surface area contributed by atoms with Crippen LogP contribution in [0.15, 0.2) is 18.3 Å². The molecule has 0 saturated heterocycles. The Morgan fingerprint density at radius 1 is 1.25 bits per heavy atom. The Bertz CT molecular complexity index is 398. The van der Waals surface area contributed by atoms with Crippen LogP contribution in [-0.4, -0.2) is 16.6 Å². The molecule has 0 bridgehead atoms. The van der Waals surface area contributed by atoms with Gasteiger partial charge < -0.3 is 0 Å². The number of rotatable bonds is 4. The van der Waals surface area contributed by atoms with Gasteiger partial charge in [0.1, 0.15) is 17.3 Å². The molecule has 1 unspecified atom stereocenters. The van der Waals surface area contributed by atoms with Gasteiger partial charge in [0.2, 0.25) is 0 Å². The Morgan fingerprint density at radius 3 is 2.31 bits per heavy atom. The van der Waals surface area contributed by atoms with Gasteiger partial charge in [-0.1, -0.05) is 13.8 Å². The molecule has 1 aromatic rings. The van der Waals surface area contributed by atoms with Crippen LogP contribution in [-0.2, 0) is 4.79 Å². The van der Waals surface area contributed by atoms with Gasteiger partial charge in [0, 0.05) is 5.92 Å². The first-order valence-electron chi connectivity index (χ1n) is 5.13. The molecule has 0 aliphatic heterocycles. The van der Waals surface area contributed by atoms with Crippen molar-refractivity contribution in [2.45, 2.75) is 20.8 Å². The van der Waals surface area contributed by atoms with Crippen molar-refractivity contribution in [1.29, 1.82) is 0 Å². The second-order valence-electron chi connectivity index (χ2n) is 4.00. The van der Waals surface area contributed by atoms with E-state index in [-0.39, 0.29) is 23.2 Å². The van der Waals surface area contributed by atoms with Gasteiger partial charge in [0.25, 0.3) is 0 Å². The molecule has 3 nitrogen and oxygen atoms in total. The minimum absolute atomic E-state index is 0.128. The van der Waals surface area contributed by atoms with Gasteiger partial charge in [-0.2, -0.15) is 0 Å². The summed E-state index contributed by atoms with van der Waals surface area (Å²) in [5, 5.41) is 0. The van der Waals surface area contributed by atoms with Crippen LogP contribution in [0.1, 0.15) is 31.3 Å². The van der Waals surface area contributed by atoms with Crippen molar-refractivity contribution in [1.82, 2.24) is 4.98 Å². The van der Waals surface area contributed by atoms with Crippen molar-refractivity contribution < 1.29 is 14.0 Å². The lowest BCUT2D eigenvalue weighted by atomic mass is 9.92. The van der Waals surface area contributed by atoms with Crippen LogP contribution >= 0.6 is 0 Å². The molecule has 0 aliphatic carbocycles. The lowest BCUT2D eigenvalue weighted by Gasteiger charge is -2.11. The molecule has 0 fully saturated rings. The lowest BCUT2D eigenvalue weighted by Crippen LogP contribution is -2.25. The van der Waals surface area contributed by atoms with Gasteiger partial charge in [0.05, 0.1) is 12.1 Å². The highest BCUT2D eigenvalue weighted by Crippen LogP contribution is 2.12. The standard InChI is InChI=1S/C12H14FNO2/c1-7(2)11(15)8(3)12(16)10-5-4-9(13)6-14-10/h4-8H,1-3H3. The molecule has 0 N–H and O–H groups in total. The summed E-state index contributed by atoms with van der Waals surface area (Å²) in [6.45, 7) is 5.03. The molecule has 16 heavy (non-hydrogen) atoms. The Labute approximate surface area is 93.7 Å². The van der Waals surface area contributed by atoms with Gasteiger partial charge in [-0.05, 0) is 19.1 Å². The molecule has 4 heteroatoms. The summed E-state index contributed by atoms with van der Waals surface area (Å²) in [6.07, 6.45) is 0.972. The van der Waals surface area contributed by atoms with E-state index in [2.05, 4.69) is 4.98 Å². The van der Waals surface area contributed by atoms with Gasteiger partial charge in [-0.15, -0.1) is 0 Å². The number of nitrogens with zero attached hydrogens (tertiary/aromatic N) is 1. The molecule has 0 saturated carbocycles. The highest BCUT2D eigenvalue weighted by Gasteiger charge is 2.25. The first-order chi connectivity index (χ1) is 7.43. The van der Waals surface area contributed by atoms with E-state index in [1.165, 1.54) is 6.07 Å². The summed E-state index contributed by atoms with van der Waals surface area (Å²) in [5.74, 6) is -1.91. The van der Waals surface area contributed by atoms with Crippen molar-refractivity contribution >= 4 is 11.6 Å². The predicted octanol–water partition coefficient (Wildman–Crippen LogP) is 2.26. The Hall–Kier alpha value is -1.58. The largest absolute Gasteiger partial charge is 0.299 e. The van der Waals surface area contributed by atoms with Gasteiger partial charge in [-0.3, -0.25) is 14.6 Å². The molecule has 0 aliphatic rings. The van der Waals surface area contributed by atoms with Crippen LogP contribution < -0.4 is 0 Å². The number of carbonyl (C=O) groups is 2. The summed E-state index contributed by atoms with van der Waals surface area (Å²) >= 11 is 0. The maximum Gasteiger partial charge on any atom is 0.191 e. The van der Waals surface area contributed by atoms with Crippen molar-refractivity contribution in [3.05, 3.63) is 29.8 Å². The van der Waals surface area contributed by atoms with E-state index >= 15 is 0 Å². The van der Waals surface area contributed by atoms with Crippen LogP contribution in [0.25, 0.3) is 0 Å². The second kappa shape index (κ2) is 4.96. The molecule has 0 amide bonds. The van der Waals surface area contributed by atoms with Crippen LogP contribution in [0, 0.1) is 17.7 Å². The fourth-order valence-corrected chi connectivity index (χ4v) is 1.37. The molecule has 1 rings (SSSR count). The quantitative estimate of drug-likeness (QED) is 0.581. The number of hydrogen-bond acceptors (Lipinski definition) is 3. The van der Waals surface area contributed by atoms with E-state index in [1.807, 2.05) is 0 Å². The molecule has 0 aromatic carbocycles. The van der Waals surface area contributed by atoms with Gasteiger partial charge >= 0.3 is 0 Å². The molecular weight excluding hydrogens is 209 g/mol. The van der Waals surface area contributed by atoms with Crippen molar-refractivity contribution in [2.24, 2.45) is 11.8 Å². The summed E-state index contributed by atoms with van der Waals surface area (Å²) in [4.78, 5) is 27.1. The number of Topliss-reactive ketones (excluding diaryl/α,β-unsaturated/α-hetero) is 2. The summed E-state index contributed by atoms with van der Waals surface area (Å²) in [5.41, 5.74) is 0.128. The molecule has 1 atom stereocenters. The highest BCUT2D eigenvalue weighted by molar-refractivity contribution is 6.09. The lowest BCUT2D eigenvalue weighted by molar-refractivity contribution is -0.123. The maximum absolute atomic E-state index is 12.6. The van der Waals surface area contributed by atoms with Crippen LogP contribution in [0.3, 0.4) is 0 Å². The summed E-state index contributed by atoms with van der Waals surface area (Å²) in [7, 11) is 0. The van der Waals surface area contributed by atoms with Gasteiger partial charge in [0.15, 0.2) is 5.78 Å². The van der Waals surface area contributed by atoms with E-state index < -0.39 is 11.7 Å². The number of carbonyl (C=O) groups excluding carboxylic acids is 2. The summed E-state index contributed by atoms with van der Waals surface area (Å²) < 4.78 is 12.6. The average Bonchev–Trinajstić information content (AvgIpc) is 2.27. The third-order valence-corrected chi connectivity index (χ3v) is 2.37. The number of hydrogen-bond donors (Lipinski definition) is 0. The van der Waals surface area contributed by atoms with Crippen molar-refractivity contribution in [2.75, 3.05) is 0 Å². The topological polar surface area (TPSA) is 47.0 Å². The molecule has 1 aromatic heterocycles. The first-order valence-corrected chi connectivity index (χ1v) is 5.13. The molecule has 0 spiro atoms. The van der Waals surface area contributed by atoms with Crippen LogP contribution in [0.4, 0.5) is 4.39 Å². The van der Waals surface area contributed by atoms with E-state index in [4.69, 9.17) is 0 Å². The Morgan fingerprint density at radius 2 is 1.88 bits per heavy atom. The molecule has 86 valence electrons. The highest BCUT2D eigenvalue weighted by atomic mass is 19.1. The van der Waals surface area contributed by atoms with E-state index in [9.17, 15) is 14.0 Å². The Kier molecular flexibility index (Phi) is 3.88. The number of halogens is 1. The third-order valence-electron chi connectivity index (χ3n) is 2.37. The molecule has 0 radical (unpaired) electrons. The monoisotopic (exact) mass is 223 g/mol. The number of aromatic nitrogens is 1. The average molecular weight is 223 g/mol. The van der Waals surface area contributed by atoms with E-state index in [0.29, 0.717) is 0 Å². The van der Waals surface area contributed by atoms with Crippen molar-refractivity contribution in [3.8, 4) is 0 Å². The van der Waals surface area contributed by atoms with E-state index in [0.717, 1.165) is 12.3 Å². The molecular formula is C12H14FNO2. The fraction of sp³-hybridized carbons (Fsp3) is 0.417. The van der Waals surface area contributed by atoms with Gasteiger partial charge in [-0.25, -0.2) is 4.39 Å². The number of pyridine rings is 1. The minimum Gasteiger partial charge on any atom is -0.299 e. The van der Waals surface area contributed by atoms with Crippen LogP contribution in [0.5, 0.6) is 0 Å². The van der Waals surface area contributed by atoms with E-state index in [1.54, 1.807) is 20.8 Å². The normalized spacial score (nSPS) is 12.6. The predicted molar refractivity (Wildman–Crippen MR) is 57.5 cm³/mol. The first kappa shape index (κ1) is 12.5. The zero-order valence-corrected chi connectivity index (χ0v) is 9.53. The minimum atomic E-state index is -0.724. The summed E-state index contributed by atoms with van der Waals surface area (Å²) in [6, 6.07) is 2.45. The number of ketones is 2. The zero-order valence-electron chi connectivity index (χ0n) is 9.53.